The van der Waals surface area contributed by atoms with Crippen LogP contribution in [0.4, 0.5) is 11.5 Å². The van der Waals surface area contributed by atoms with Gasteiger partial charge in [-0.25, -0.2) is 9.78 Å². The molecule has 0 amide bonds. The first-order valence-corrected chi connectivity index (χ1v) is 23.5. The zero-order valence-corrected chi connectivity index (χ0v) is 34.8. The molecule has 3 heterocycles. The van der Waals surface area contributed by atoms with Crippen molar-refractivity contribution in [2.24, 2.45) is 0 Å². The highest BCUT2D eigenvalue weighted by Gasteiger charge is 2.48. The van der Waals surface area contributed by atoms with Gasteiger partial charge in [0.2, 0.25) is 0 Å². The number of benzene rings is 1. The van der Waals surface area contributed by atoms with E-state index in [2.05, 4.69) is 134 Å². The lowest BCUT2D eigenvalue weighted by Crippen LogP contribution is -2.51. The number of nitrogens with zero attached hydrogens (tertiary/aromatic N) is 3. The Hall–Kier alpha value is -2.85. The number of hydrogen-bond acceptors (Lipinski definition) is 4. The lowest BCUT2D eigenvalue weighted by atomic mass is 9.84. The van der Waals surface area contributed by atoms with E-state index in [-0.39, 0.29) is 5.97 Å². The van der Waals surface area contributed by atoms with E-state index in [1.807, 2.05) is 6.07 Å². The van der Waals surface area contributed by atoms with Crippen molar-refractivity contribution >= 4 is 55.9 Å². The van der Waals surface area contributed by atoms with E-state index >= 15 is 0 Å². The quantitative estimate of drug-likeness (QED) is 0.118. The molecule has 0 unspecified atom stereocenters. The van der Waals surface area contributed by atoms with Crippen molar-refractivity contribution in [2.75, 3.05) is 12.4 Å². The molecule has 268 valence electrons. The summed E-state index contributed by atoms with van der Waals surface area (Å²) in [5.41, 5.74) is 8.63. The largest absolute Gasteiger partial charge is 0.465 e. The van der Waals surface area contributed by atoms with Crippen LogP contribution in [-0.2, 0) is 4.74 Å². The second-order valence-electron chi connectivity index (χ2n) is 16.8. The van der Waals surface area contributed by atoms with Crippen LogP contribution in [0.15, 0.2) is 42.7 Å². The van der Waals surface area contributed by atoms with Gasteiger partial charge >= 0.3 is 5.97 Å². The maximum atomic E-state index is 13.1. The molecule has 0 atom stereocenters. The van der Waals surface area contributed by atoms with Crippen LogP contribution in [0.3, 0.4) is 0 Å². The van der Waals surface area contributed by atoms with Crippen LogP contribution >= 0.6 is 0 Å². The molecule has 5 rings (SSSR count). The number of pyridine rings is 1. The molecule has 3 aromatic heterocycles. The molecule has 0 radical (unpaired) electrons. The highest BCUT2D eigenvalue weighted by atomic mass is 28.3. The van der Waals surface area contributed by atoms with Crippen LogP contribution in [0.5, 0.6) is 0 Å². The number of hydrogen-bond donors (Lipinski definition) is 1. The summed E-state index contributed by atoms with van der Waals surface area (Å²) in [5, 5.41) is 6.03. The Labute approximate surface area is 298 Å². The lowest BCUT2D eigenvalue weighted by molar-refractivity contribution is 0.0603. The van der Waals surface area contributed by atoms with Crippen LogP contribution < -0.4 is 5.32 Å². The Morgan fingerprint density at radius 1 is 0.735 bits per heavy atom. The zero-order chi connectivity index (χ0) is 36.0. The number of fused-ring (bicyclic) bond motifs is 2. The van der Waals surface area contributed by atoms with Gasteiger partial charge in [0.15, 0.2) is 16.5 Å². The summed E-state index contributed by atoms with van der Waals surface area (Å²) in [6, 6.07) is 11.1. The summed E-state index contributed by atoms with van der Waals surface area (Å²) < 4.78 is 10.5. The molecule has 49 heavy (non-hydrogen) atoms. The maximum absolute atomic E-state index is 13.1. The van der Waals surface area contributed by atoms with E-state index < -0.39 is 16.5 Å². The summed E-state index contributed by atoms with van der Waals surface area (Å²) in [6.07, 6.45) is 11.3. The molecule has 0 bridgehead atoms. The standard InChI is InChI=1S/C41H64N4O2Si2/c1-26(2)48(27(3)4,28(5)6)44-24-36(32-17-15-14-16-18-32)34-20-19-33(23-38(34)44)42-39-22-21-35-37(41(46)47-13)25-45(40(35)43-39)49(29(7)8,30(9)10)31(11)12/h19-32H,14-18H2,1-13H3,(H,42,43). The summed E-state index contributed by atoms with van der Waals surface area (Å²) in [4.78, 5) is 18.4. The van der Waals surface area contributed by atoms with Crippen molar-refractivity contribution in [3.8, 4) is 0 Å². The molecule has 8 heteroatoms. The fraction of sp³-hybridized carbons (Fsp3) is 0.610. The third-order valence-electron chi connectivity index (χ3n) is 12.6. The molecular weight excluding hydrogens is 637 g/mol. The number of carbonyl (C=O) groups is 1. The fourth-order valence-electron chi connectivity index (χ4n) is 10.9. The van der Waals surface area contributed by atoms with Crippen LogP contribution in [0.1, 0.15) is 137 Å². The Balaban J connectivity index is 1.70. The summed E-state index contributed by atoms with van der Waals surface area (Å²) in [7, 11) is -2.75. The second kappa shape index (κ2) is 14.4. The number of methoxy groups -OCH3 is 1. The first-order chi connectivity index (χ1) is 23.1. The Bertz CT molecular complexity index is 1730. The molecule has 6 nitrogen and oxygen atoms in total. The van der Waals surface area contributed by atoms with E-state index in [0.29, 0.717) is 44.7 Å². The normalized spacial score (nSPS) is 15.3. The van der Waals surface area contributed by atoms with Crippen LogP contribution in [-0.4, -0.2) is 43.0 Å². The van der Waals surface area contributed by atoms with Crippen molar-refractivity contribution in [3.05, 3.63) is 53.9 Å². The van der Waals surface area contributed by atoms with Crippen LogP contribution in [0, 0.1) is 0 Å². The van der Waals surface area contributed by atoms with E-state index in [1.165, 1.54) is 50.1 Å². The van der Waals surface area contributed by atoms with Crippen LogP contribution in [0.25, 0.3) is 21.9 Å². The number of aromatic nitrogens is 3. The number of carbonyl (C=O) groups excluding carboxylic acids is 1. The van der Waals surface area contributed by atoms with Gasteiger partial charge in [0.25, 0.3) is 0 Å². The Morgan fingerprint density at radius 2 is 1.27 bits per heavy atom. The molecule has 1 saturated carbocycles. The van der Waals surface area contributed by atoms with Gasteiger partial charge < -0.3 is 18.5 Å². The van der Waals surface area contributed by atoms with Gasteiger partial charge in [-0.1, -0.05) is 108 Å². The number of rotatable bonds is 12. The minimum absolute atomic E-state index is 0.307. The second-order valence-corrected chi connectivity index (χ2v) is 28.3. The van der Waals surface area contributed by atoms with Gasteiger partial charge in [0, 0.05) is 28.2 Å². The molecule has 0 spiro atoms. The number of ether oxygens (including phenoxy) is 1. The third kappa shape index (κ3) is 6.13. The Morgan fingerprint density at radius 3 is 1.80 bits per heavy atom. The minimum Gasteiger partial charge on any atom is -0.465 e. The SMILES string of the molecule is COC(=O)c1cn([Si](C(C)C)(C(C)C)C(C)C)c2nc(Nc3ccc4c(C5CCCCC5)cn([Si](C(C)C)(C(C)C)C(C)C)c4c3)ccc12. The van der Waals surface area contributed by atoms with Crippen molar-refractivity contribution in [1.82, 2.24) is 13.4 Å². The molecule has 0 aliphatic heterocycles. The van der Waals surface area contributed by atoms with E-state index in [9.17, 15) is 4.79 Å². The first kappa shape index (κ1) is 37.4. The fourth-order valence-corrected chi connectivity index (χ4v) is 24.1. The molecular formula is C41H64N4O2Si2. The van der Waals surface area contributed by atoms with Crippen molar-refractivity contribution in [2.45, 2.75) is 154 Å². The average molecular weight is 701 g/mol. The van der Waals surface area contributed by atoms with E-state index in [0.717, 1.165) is 22.5 Å². The molecule has 4 aromatic rings. The van der Waals surface area contributed by atoms with Gasteiger partial charge in [0.1, 0.15) is 11.5 Å². The van der Waals surface area contributed by atoms with E-state index in [1.54, 1.807) is 5.56 Å². The molecule has 1 aromatic carbocycles. The van der Waals surface area contributed by atoms with Crippen molar-refractivity contribution < 1.29 is 9.53 Å². The van der Waals surface area contributed by atoms with Crippen molar-refractivity contribution in [1.29, 1.82) is 0 Å². The van der Waals surface area contributed by atoms with E-state index in [4.69, 9.17) is 9.72 Å². The number of nitrogens with one attached hydrogen (secondary N) is 1. The Kier molecular flexibility index (Phi) is 11.0. The van der Waals surface area contributed by atoms with Crippen LogP contribution in [0.2, 0.25) is 33.2 Å². The smallest absolute Gasteiger partial charge is 0.340 e. The number of anilines is 2. The molecule has 1 aliphatic rings. The molecule has 1 fully saturated rings. The topological polar surface area (TPSA) is 61.1 Å². The lowest BCUT2D eigenvalue weighted by Gasteiger charge is -2.44. The van der Waals surface area contributed by atoms with Gasteiger partial charge in [-0.15, -0.1) is 0 Å². The van der Waals surface area contributed by atoms with Gasteiger partial charge in [-0.3, -0.25) is 0 Å². The van der Waals surface area contributed by atoms with Crippen molar-refractivity contribution in [3.63, 3.8) is 0 Å². The summed E-state index contributed by atoms with van der Waals surface area (Å²) in [6.45, 7) is 28.9. The maximum Gasteiger partial charge on any atom is 0.340 e. The minimum atomic E-state index is -2.21. The summed E-state index contributed by atoms with van der Waals surface area (Å²) in [5.74, 6) is 1.13. The average Bonchev–Trinajstić information content (AvgIpc) is 3.60. The van der Waals surface area contributed by atoms with Gasteiger partial charge in [-0.05, 0) is 88.0 Å². The molecule has 1 N–H and O–H groups in total. The highest BCUT2D eigenvalue weighted by Crippen LogP contribution is 2.48. The van der Waals surface area contributed by atoms with Gasteiger partial charge in [0.05, 0.1) is 12.7 Å². The predicted molar refractivity (Wildman–Crippen MR) is 215 cm³/mol. The predicted octanol–water partition coefficient (Wildman–Crippen LogP) is 12.6. The molecule has 0 saturated heterocycles. The number of esters is 1. The van der Waals surface area contributed by atoms with Gasteiger partial charge in [-0.2, -0.15) is 0 Å². The highest BCUT2D eigenvalue weighted by molar-refractivity contribution is 6.83. The molecule has 1 aliphatic carbocycles. The summed E-state index contributed by atoms with van der Waals surface area (Å²) >= 11 is 0. The monoisotopic (exact) mass is 700 g/mol. The first-order valence-electron chi connectivity index (χ1n) is 19.2. The third-order valence-corrected chi connectivity index (χ3v) is 26.1. The zero-order valence-electron chi connectivity index (χ0n) is 32.8.